The highest BCUT2D eigenvalue weighted by Gasteiger charge is 2.37. The number of ether oxygens (including phenoxy) is 1. The van der Waals surface area contributed by atoms with E-state index in [2.05, 4.69) is 0 Å². The van der Waals surface area contributed by atoms with E-state index in [9.17, 15) is 13.5 Å². The molecule has 5 nitrogen and oxygen atoms in total. The van der Waals surface area contributed by atoms with Gasteiger partial charge in [0, 0.05) is 14.2 Å². The first-order chi connectivity index (χ1) is 9.98. The minimum atomic E-state index is -3.60. The van der Waals surface area contributed by atoms with Crippen LogP contribution >= 0.6 is 0 Å². The quantitative estimate of drug-likeness (QED) is 0.858. The number of aliphatic hydroxyl groups is 1. The average molecular weight is 313 g/mol. The maximum Gasteiger partial charge on any atom is 0.243 e. The first-order valence-electron chi connectivity index (χ1n) is 7.22. The Morgan fingerprint density at radius 2 is 1.81 bits per heavy atom. The van der Waals surface area contributed by atoms with Crippen LogP contribution in [0.2, 0.25) is 0 Å². The van der Waals surface area contributed by atoms with Gasteiger partial charge in [-0.2, -0.15) is 4.31 Å². The number of hydrogen-bond acceptors (Lipinski definition) is 4. The number of rotatable bonds is 4. The van der Waals surface area contributed by atoms with Crippen LogP contribution in [-0.4, -0.2) is 50.2 Å². The molecule has 0 heterocycles. The van der Waals surface area contributed by atoms with Crippen LogP contribution in [0.15, 0.2) is 35.2 Å². The van der Waals surface area contributed by atoms with Gasteiger partial charge in [-0.15, -0.1) is 0 Å². The Hall–Kier alpha value is -0.950. The van der Waals surface area contributed by atoms with E-state index in [4.69, 9.17) is 4.74 Å². The topological polar surface area (TPSA) is 66.8 Å². The van der Waals surface area contributed by atoms with Crippen molar-refractivity contribution in [1.29, 1.82) is 0 Å². The standard InChI is InChI=1S/C15H23NO4S/c1-16(21(18,19)12-8-4-3-5-9-12)13-10-6-7-11-14(20-2)15(13)17/h3-5,8-9,13-15,17H,6-7,10-11H2,1-2H3/t13-,14-,15-/m1/s1. The van der Waals surface area contributed by atoms with Crippen molar-refractivity contribution in [2.45, 2.75) is 48.8 Å². The number of hydrogen-bond donors (Lipinski definition) is 1. The molecule has 0 bridgehead atoms. The third-order valence-electron chi connectivity index (χ3n) is 4.20. The summed E-state index contributed by atoms with van der Waals surface area (Å²) in [5.74, 6) is 0. The fourth-order valence-electron chi connectivity index (χ4n) is 2.88. The minimum Gasteiger partial charge on any atom is -0.389 e. The highest BCUT2D eigenvalue weighted by Crippen LogP contribution is 2.27. The molecule has 0 spiro atoms. The summed E-state index contributed by atoms with van der Waals surface area (Å²) in [6.07, 6.45) is 2.10. The molecule has 6 heteroatoms. The van der Waals surface area contributed by atoms with Crippen molar-refractivity contribution >= 4 is 10.0 Å². The van der Waals surface area contributed by atoms with Crippen molar-refractivity contribution in [3.05, 3.63) is 30.3 Å². The number of benzene rings is 1. The Balaban J connectivity index is 2.27. The van der Waals surface area contributed by atoms with E-state index < -0.39 is 22.2 Å². The lowest BCUT2D eigenvalue weighted by molar-refractivity contribution is -0.0389. The molecule has 0 radical (unpaired) electrons. The van der Waals surface area contributed by atoms with E-state index in [-0.39, 0.29) is 11.0 Å². The van der Waals surface area contributed by atoms with Gasteiger partial charge >= 0.3 is 0 Å². The number of nitrogens with zero attached hydrogens (tertiary/aromatic N) is 1. The average Bonchev–Trinajstić information content (AvgIpc) is 2.68. The van der Waals surface area contributed by atoms with Crippen molar-refractivity contribution in [3.63, 3.8) is 0 Å². The molecule has 1 N–H and O–H groups in total. The highest BCUT2D eigenvalue weighted by molar-refractivity contribution is 7.89. The van der Waals surface area contributed by atoms with E-state index in [0.717, 1.165) is 19.3 Å². The number of sulfonamides is 1. The zero-order valence-corrected chi connectivity index (χ0v) is 13.3. The van der Waals surface area contributed by atoms with Crippen LogP contribution in [-0.2, 0) is 14.8 Å². The first-order valence-corrected chi connectivity index (χ1v) is 8.66. The Kier molecular flexibility index (Phi) is 5.37. The monoisotopic (exact) mass is 313 g/mol. The Bertz CT molecular complexity index is 546. The summed E-state index contributed by atoms with van der Waals surface area (Å²) in [5, 5.41) is 10.5. The highest BCUT2D eigenvalue weighted by atomic mass is 32.2. The molecule has 21 heavy (non-hydrogen) atoms. The Labute approximate surface area is 126 Å². The smallest absolute Gasteiger partial charge is 0.243 e. The van der Waals surface area contributed by atoms with Crippen LogP contribution in [0.1, 0.15) is 25.7 Å². The van der Waals surface area contributed by atoms with Gasteiger partial charge in [0.15, 0.2) is 0 Å². The SMILES string of the molecule is CO[C@@H]1CCCC[C@@H](N(C)S(=O)(=O)c2ccccc2)[C@H]1O. The minimum absolute atomic E-state index is 0.248. The van der Waals surface area contributed by atoms with E-state index in [1.54, 1.807) is 37.4 Å². The van der Waals surface area contributed by atoms with E-state index in [1.807, 2.05) is 0 Å². The fourth-order valence-corrected chi connectivity index (χ4v) is 4.30. The molecule has 0 aliphatic heterocycles. The van der Waals surface area contributed by atoms with Crippen molar-refractivity contribution in [2.75, 3.05) is 14.2 Å². The summed E-state index contributed by atoms with van der Waals surface area (Å²) in [7, 11) is -0.508. The molecule has 0 unspecified atom stereocenters. The second-order valence-electron chi connectivity index (χ2n) is 5.45. The fraction of sp³-hybridized carbons (Fsp3) is 0.600. The summed E-state index contributed by atoms with van der Waals surface area (Å²) in [6, 6.07) is 7.86. The van der Waals surface area contributed by atoms with Gasteiger partial charge < -0.3 is 9.84 Å². The van der Waals surface area contributed by atoms with E-state index in [1.165, 1.54) is 11.4 Å². The van der Waals surface area contributed by atoms with Crippen LogP contribution in [0.25, 0.3) is 0 Å². The van der Waals surface area contributed by atoms with Gasteiger partial charge in [-0.25, -0.2) is 8.42 Å². The van der Waals surface area contributed by atoms with E-state index in [0.29, 0.717) is 6.42 Å². The molecule has 1 aliphatic rings. The molecular weight excluding hydrogens is 290 g/mol. The van der Waals surface area contributed by atoms with E-state index >= 15 is 0 Å². The summed E-state index contributed by atoms with van der Waals surface area (Å²) < 4.78 is 31.9. The normalized spacial score (nSPS) is 27.5. The van der Waals surface area contributed by atoms with Crippen LogP contribution in [0.5, 0.6) is 0 Å². The van der Waals surface area contributed by atoms with Gasteiger partial charge in [-0.3, -0.25) is 0 Å². The predicted octanol–water partition coefficient (Wildman–Crippen LogP) is 1.63. The Morgan fingerprint density at radius 3 is 2.43 bits per heavy atom. The largest absolute Gasteiger partial charge is 0.389 e. The van der Waals surface area contributed by atoms with Crippen LogP contribution in [0.4, 0.5) is 0 Å². The molecule has 1 saturated carbocycles. The molecule has 1 fully saturated rings. The van der Waals surface area contributed by atoms with Crippen LogP contribution < -0.4 is 0 Å². The molecule has 3 atom stereocenters. The summed E-state index contributed by atoms with van der Waals surface area (Å²) >= 11 is 0. The second-order valence-corrected chi connectivity index (χ2v) is 7.45. The predicted molar refractivity (Wildman–Crippen MR) is 80.5 cm³/mol. The maximum atomic E-state index is 12.7. The van der Waals surface area contributed by atoms with Gasteiger partial charge in [0.1, 0.15) is 0 Å². The zero-order chi connectivity index (χ0) is 15.5. The van der Waals surface area contributed by atoms with Crippen LogP contribution in [0.3, 0.4) is 0 Å². The van der Waals surface area contributed by atoms with Gasteiger partial charge in [-0.1, -0.05) is 31.0 Å². The number of likely N-dealkylation sites (N-methyl/N-ethyl adjacent to an activating group) is 1. The van der Waals surface area contributed by atoms with Gasteiger partial charge in [0.2, 0.25) is 10.0 Å². The lowest BCUT2D eigenvalue weighted by Gasteiger charge is -2.32. The van der Waals surface area contributed by atoms with Crippen molar-refractivity contribution in [3.8, 4) is 0 Å². The molecule has 1 aromatic rings. The van der Waals surface area contributed by atoms with Crippen molar-refractivity contribution in [2.24, 2.45) is 0 Å². The lowest BCUT2D eigenvalue weighted by atomic mass is 10.0. The van der Waals surface area contributed by atoms with Gasteiger partial charge in [-0.05, 0) is 25.0 Å². The van der Waals surface area contributed by atoms with Crippen molar-refractivity contribution < 1.29 is 18.3 Å². The molecule has 118 valence electrons. The number of aliphatic hydroxyl groups excluding tert-OH is 1. The third kappa shape index (κ3) is 3.45. The van der Waals surface area contributed by atoms with Crippen LogP contribution in [0, 0.1) is 0 Å². The van der Waals surface area contributed by atoms with Gasteiger partial charge in [0.25, 0.3) is 0 Å². The summed E-state index contributed by atoms with van der Waals surface area (Å²) in [6.45, 7) is 0. The van der Waals surface area contributed by atoms with Crippen molar-refractivity contribution in [1.82, 2.24) is 4.31 Å². The first kappa shape index (κ1) is 16.4. The molecule has 0 saturated heterocycles. The molecule has 1 aromatic carbocycles. The maximum absolute atomic E-state index is 12.7. The number of methoxy groups -OCH3 is 1. The summed E-state index contributed by atoms with van der Waals surface area (Å²) in [4.78, 5) is 0.248. The van der Waals surface area contributed by atoms with Gasteiger partial charge in [0.05, 0.1) is 23.1 Å². The zero-order valence-electron chi connectivity index (χ0n) is 12.5. The molecule has 1 aliphatic carbocycles. The molecule has 2 rings (SSSR count). The molecular formula is C15H23NO4S. The Morgan fingerprint density at radius 1 is 1.19 bits per heavy atom. The lowest BCUT2D eigenvalue weighted by Crippen LogP contribution is -2.48. The summed E-state index contributed by atoms with van der Waals surface area (Å²) in [5.41, 5.74) is 0. The third-order valence-corrected chi connectivity index (χ3v) is 6.10. The molecule has 0 aromatic heterocycles. The molecule has 0 amide bonds. The second kappa shape index (κ2) is 6.87.